The van der Waals surface area contributed by atoms with Gasteiger partial charge < -0.3 is 16.0 Å². The van der Waals surface area contributed by atoms with E-state index in [-0.39, 0.29) is 36.4 Å². The number of rotatable bonds is 3. The number of hydrogen-bond acceptors (Lipinski definition) is 4. The molecule has 25 heavy (non-hydrogen) atoms. The van der Waals surface area contributed by atoms with Crippen LogP contribution in [0.3, 0.4) is 0 Å². The predicted octanol–water partition coefficient (Wildman–Crippen LogP) is 0.938. The average Bonchev–Trinajstić information content (AvgIpc) is 2.89. The van der Waals surface area contributed by atoms with Gasteiger partial charge in [-0.1, -0.05) is 26.0 Å². The number of piperidine rings is 1. The van der Waals surface area contributed by atoms with Crippen molar-refractivity contribution in [2.24, 2.45) is 11.1 Å². The fourth-order valence-corrected chi connectivity index (χ4v) is 3.33. The average molecular weight is 344 g/mol. The second-order valence-corrected chi connectivity index (χ2v) is 7.45. The summed E-state index contributed by atoms with van der Waals surface area (Å²) in [4.78, 5) is 39.2. The molecule has 134 valence electrons. The summed E-state index contributed by atoms with van der Waals surface area (Å²) >= 11 is 0. The summed E-state index contributed by atoms with van der Waals surface area (Å²) in [6.07, 6.45) is 0.779. The van der Waals surface area contributed by atoms with Crippen molar-refractivity contribution in [1.29, 1.82) is 0 Å². The Morgan fingerprint density at radius 2 is 2.12 bits per heavy atom. The molecule has 0 aromatic heterocycles. The molecule has 0 aliphatic carbocycles. The third kappa shape index (κ3) is 3.51. The molecule has 0 saturated carbocycles. The molecule has 1 aromatic rings. The van der Waals surface area contributed by atoms with Crippen LogP contribution in [0.5, 0.6) is 0 Å². The topological polar surface area (TPSA) is 95.7 Å². The van der Waals surface area contributed by atoms with E-state index >= 15 is 0 Å². The summed E-state index contributed by atoms with van der Waals surface area (Å²) in [6, 6.07) is 6.80. The van der Waals surface area contributed by atoms with Crippen LogP contribution in [0.25, 0.3) is 0 Å². The zero-order chi connectivity index (χ0) is 18.2. The molecule has 7 heteroatoms. The number of hydrogen-bond donors (Lipinski definition) is 2. The van der Waals surface area contributed by atoms with Crippen molar-refractivity contribution < 1.29 is 14.4 Å². The maximum atomic E-state index is 12.8. The molecule has 0 spiro atoms. The Kier molecular flexibility index (Phi) is 4.51. The van der Waals surface area contributed by atoms with Crippen molar-refractivity contribution in [2.45, 2.75) is 32.9 Å². The lowest BCUT2D eigenvalue weighted by molar-refractivity contribution is -0.125. The molecule has 4 amide bonds. The van der Waals surface area contributed by atoms with E-state index < -0.39 is 6.03 Å². The first-order valence-corrected chi connectivity index (χ1v) is 8.50. The van der Waals surface area contributed by atoms with Gasteiger partial charge in [0, 0.05) is 24.7 Å². The fraction of sp³-hybridized carbons (Fsp3) is 0.500. The molecule has 3 rings (SSSR count). The largest absolute Gasteiger partial charge is 0.338 e. The van der Waals surface area contributed by atoms with Crippen LogP contribution in [-0.4, -0.2) is 53.3 Å². The van der Waals surface area contributed by atoms with Crippen LogP contribution in [0.15, 0.2) is 24.3 Å². The number of imide groups is 1. The van der Waals surface area contributed by atoms with E-state index in [1.807, 2.05) is 11.0 Å². The van der Waals surface area contributed by atoms with Crippen molar-refractivity contribution in [3.63, 3.8) is 0 Å². The van der Waals surface area contributed by atoms with Crippen LogP contribution < -0.4 is 11.1 Å². The van der Waals surface area contributed by atoms with Crippen molar-refractivity contribution in [3.05, 3.63) is 35.4 Å². The summed E-state index contributed by atoms with van der Waals surface area (Å²) in [5.41, 5.74) is 7.34. The van der Waals surface area contributed by atoms with Crippen molar-refractivity contribution in [2.75, 3.05) is 19.6 Å². The number of carbonyl (C=O) groups is 3. The number of urea groups is 1. The molecule has 1 atom stereocenters. The SMILES string of the molecule is CC1(C)CN(C(=O)c2cccc(CN3C(=O)CNC3=O)c2)CCC1N. The van der Waals surface area contributed by atoms with E-state index in [2.05, 4.69) is 19.2 Å². The molecule has 2 aliphatic rings. The Bertz CT molecular complexity index is 700. The summed E-state index contributed by atoms with van der Waals surface area (Å²) in [5.74, 6) is -0.299. The van der Waals surface area contributed by atoms with E-state index in [0.29, 0.717) is 18.7 Å². The Balaban J connectivity index is 1.74. The molecule has 2 fully saturated rings. The number of benzene rings is 1. The van der Waals surface area contributed by atoms with E-state index in [4.69, 9.17) is 5.73 Å². The van der Waals surface area contributed by atoms with Gasteiger partial charge in [-0.15, -0.1) is 0 Å². The molecular weight excluding hydrogens is 320 g/mol. The van der Waals surface area contributed by atoms with Gasteiger partial charge in [0.1, 0.15) is 0 Å². The molecule has 2 saturated heterocycles. The van der Waals surface area contributed by atoms with Gasteiger partial charge >= 0.3 is 6.03 Å². The smallest absolute Gasteiger partial charge is 0.324 e. The van der Waals surface area contributed by atoms with Crippen LogP contribution in [0, 0.1) is 5.41 Å². The zero-order valence-corrected chi connectivity index (χ0v) is 14.6. The maximum Gasteiger partial charge on any atom is 0.324 e. The van der Waals surface area contributed by atoms with Crippen molar-refractivity contribution in [3.8, 4) is 0 Å². The van der Waals surface area contributed by atoms with Gasteiger partial charge in [0.25, 0.3) is 5.91 Å². The molecule has 1 aromatic carbocycles. The van der Waals surface area contributed by atoms with Crippen LogP contribution in [-0.2, 0) is 11.3 Å². The van der Waals surface area contributed by atoms with E-state index in [1.54, 1.807) is 18.2 Å². The van der Waals surface area contributed by atoms with Gasteiger partial charge in [-0.2, -0.15) is 0 Å². The van der Waals surface area contributed by atoms with Crippen LogP contribution in [0.4, 0.5) is 4.79 Å². The Morgan fingerprint density at radius 1 is 1.36 bits per heavy atom. The number of likely N-dealkylation sites (tertiary alicyclic amines) is 1. The van der Waals surface area contributed by atoms with Crippen molar-refractivity contribution >= 4 is 17.8 Å². The second-order valence-electron chi connectivity index (χ2n) is 7.45. The summed E-state index contributed by atoms with van der Waals surface area (Å²) in [7, 11) is 0. The lowest BCUT2D eigenvalue weighted by atomic mass is 9.79. The molecule has 2 heterocycles. The number of carbonyl (C=O) groups excluding carboxylic acids is 3. The fourth-order valence-electron chi connectivity index (χ4n) is 3.33. The van der Waals surface area contributed by atoms with E-state index in [0.717, 1.165) is 16.9 Å². The first-order valence-electron chi connectivity index (χ1n) is 8.50. The van der Waals surface area contributed by atoms with E-state index in [1.165, 1.54) is 0 Å². The molecule has 0 radical (unpaired) electrons. The Hall–Kier alpha value is -2.41. The molecule has 3 N–H and O–H groups in total. The highest BCUT2D eigenvalue weighted by Gasteiger charge is 2.35. The van der Waals surface area contributed by atoms with Gasteiger partial charge in [-0.05, 0) is 29.5 Å². The minimum atomic E-state index is -0.395. The molecule has 1 unspecified atom stereocenters. The Morgan fingerprint density at radius 3 is 2.76 bits per heavy atom. The quantitative estimate of drug-likeness (QED) is 0.798. The maximum absolute atomic E-state index is 12.8. The third-order valence-corrected chi connectivity index (χ3v) is 5.05. The summed E-state index contributed by atoms with van der Waals surface area (Å²) in [6.45, 7) is 5.60. The number of nitrogens with zero attached hydrogens (tertiary/aromatic N) is 2. The van der Waals surface area contributed by atoms with E-state index in [9.17, 15) is 14.4 Å². The lowest BCUT2D eigenvalue weighted by Gasteiger charge is -2.42. The zero-order valence-electron chi connectivity index (χ0n) is 14.6. The summed E-state index contributed by atoms with van der Waals surface area (Å²) < 4.78 is 0. The monoisotopic (exact) mass is 344 g/mol. The highest BCUT2D eigenvalue weighted by atomic mass is 16.2. The van der Waals surface area contributed by atoms with Gasteiger partial charge in [0.2, 0.25) is 5.91 Å². The number of amides is 4. The first kappa shape index (κ1) is 17.4. The van der Waals surface area contributed by atoms with Crippen molar-refractivity contribution in [1.82, 2.24) is 15.1 Å². The highest BCUT2D eigenvalue weighted by molar-refractivity contribution is 6.02. The first-order chi connectivity index (χ1) is 11.8. The minimum Gasteiger partial charge on any atom is -0.338 e. The molecule has 0 bridgehead atoms. The molecule has 7 nitrogen and oxygen atoms in total. The molecule has 2 aliphatic heterocycles. The standard InChI is InChI=1S/C18H24N4O3/c1-18(2)11-21(7-6-14(18)19)16(24)13-5-3-4-12(8-13)10-22-15(23)9-20-17(22)25/h3-5,8,14H,6-7,9-11,19H2,1-2H3,(H,20,25). The van der Waals surface area contributed by atoms with Gasteiger partial charge in [-0.25, -0.2) is 4.79 Å². The lowest BCUT2D eigenvalue weighted by Crippen LogP contribution is -2.54. The normalized spacial score (nSPS) is 22.9. The second kappa shape index (κ2) is 6.48. The molecular formula is C18H24N4O3. The van der Waals surface area contributed by atoms with Crippen LogP contribution >= 0.6 is 0 Å². The summed E-state index contributed by atoms with van der Waals surface area (Å²) in [5, 5.41) is 2.49. The van der Waals surface area contributed by atoms with Gasteiger partial charge in [0.05, 0.1) is 13.1 Å². The highest BCUT2D eigenvalue weighted by Crippen LogP contribution is 2.28. The van der Waals surface area contributed by atoms with Crippen LogP contribution in [0.1, 0.15) is 36.2 Å². The predicted molar refractivity (Wildman–Crippen MR) is 92.7 cm³/mol. The van der Waals surface area contributed by atoms with Gasteiger partial charge in [-0.3, -0.25) is 14.5 Å². The van der Waals surface area contributed by atoms with Crippen LogP contribution in [0.2, 0.25) is 0 Å². The number of nitrogens with two attached hydrogens (primary N) is 1. The van der Waals surface area contributed by atoms with Gasteiger partial charge in [0.15, 0.2) is 0 Å². The minimum absolute atomic E-state index is 0.0283. The number of nitrogens with one attached hydrogen (secondary N) is 1. The Labute approximate surface area is 147 Å². The third-order valence-electron chi connectivity index (χ3n) is 5.05.